The van der Waals surface area contributed by atoms with Gasteiger partial charge in [0.25, 0.3) is 0 Å². The van der Waals surface area contributed by atoms with Crippen LogP contribution in [0.5, 0.6) is 0 Å². The Morgan fingerprint density at radius 2 is 0.958 bits per heavy atom. The van der Waals surface area contributed by atoms with E-state index in [4.69, 9.17) is 0 Å². The lowest BCUT2D eigenvalue weighted by Gasteiger charge is -2.13. The van der Waals surface area contributed by atoms with Crippen molar-refractivity contribution >= 4 is 11.6 Å². The molecule has 0 radical (unpaired) electrons. The van der Waals surface area contributed by atoms with Crippen molar-refractivity contribution in [2.45, 2.75) is 104 Å². The summed E-state index contributed by atoms with van der Waals surface area (Å²) in [6.45, 7) is 4.43. The number of carbonyl (C=O) groups is 2. The van der Waals surface area contributed by atoms with E-state index in [-0.39, 0.29) is 11.6 Å². The highest BCUT2D eigenvalue weighted by atomic mass is 16.1. The van der Waals surface area contributed by atoms with E-state index < -0.39 is 0 Å². The van der Waals surface area contributed by atoms with Gasteiger partial charge in [0.05, 0.1) is 0 Å². The van der Waals surface area contributed by atoms with Crippen LogP contribution >= 0.6 is 0 Å². The summed E-state index contributed by atoms with van der Waals surface area (Å²) in [6, 6.07) is 0. The highest BCUT2D eigenvalue weighted by molar-refractivity contribution is 6.20. The molecule has 1 aliphatic carbocycles. The largest absolute Gasteiger partial charge is 0.290 e. The van der Waals surface area contributed by atoms with Crippen LogP contribution in [0.3, 0.4) is 0 Å². The molecule has 1 rings (SSSR count). The summed E-state index contributed by atoms with van der Waals surface area (Å²) in [5.41, 5.74) is 1.50. The first-order valence-electron chi connectivity index (χ1n) is 10.2. The van der Waals surface area contributed by atoms with Crippen molar-refractivity contribution in [2.75, 3.05) is 0 Å². The summed E-state index contributed by atoms with van der Waals surface area (Å²) in [6.07, 6.45) is 19.2. The van der Waals surface area contributed by atoms with Crippen molar-refractivity contribution in [3.63, 3.8) is 0 Å². The summed E-state index contributed by atoms with van der Waals surface area (Å²) < 4.78 is 0. The Bertz CT molecular complexity index is 405. The molecule has 2 heteroatoms. The minimum absolute atomic E-state index is 0.0107. The van der Waals surface area contributed by atoms with Crippen molar-refractivity contribution in [1.29, 1.82) is 0 Å². The molecule has 0 aliphatic heterocycles. The number of Topliss-reactive ketones (excluding diaryl/α,β-unsaturated/α-hetero) is 1. The van der Waals surface area contributed by atoms with Crippen molar-refractivity contribution < 1.29 is 9.59 Å². The van der Waals surface area contributed by atoms with Crippen LogP contribution in [0.25, 0.3) is 0 Å². The minimum atomic E-state index is 0.0107. The Morgan fingerprint density at radius 3 is 1.38 bits per heavy atom. The van der Waals surface area contributed by atoms with Gasteiger partial charge < -0.3 is 0 Å². The van der Waals surface area contributed by atoms with E-state index >= 15 is 0 Å². The van der Waals surface area contributed by atoms with Crippen LogP contribution in [0.4, 0.5) is 0 Å². The number of ketones is 2. The van der Waals surface area contributed by atoms with Crippen molar-refractivity contribution in [1.82, 2.24) is 0 Å². The van der Waals surface area contributed by atoms with Crippen molar-refractivity contribution in [3.8, 4) is 0 Å². The van der Waals surface area contributed by atoms with Crippen LogP contribution in [0.1, 0.15) is 104 Å². The van der Waals surface area contributed by atoms with Gasteiger partial charge in [0.1, 0.15) is 0 Å². The van der Waals surface area contributed by atoms with Gasteiger partial charge in [-0.05, 0) is 37.8 Å². The molecule has 136 valence electrons. The maximum absolute atomic E-state index is 12.5. The highest BCUT2D eigenvalue weighted by Crippen LogP contribution is 2.23. The second-order valence-electron chi connectivity index (χ2n) is 7.11. The molecule has 24 heavy (non-hydrogen) atoms. The van der Waals surface area contributed by atoms with Gasteiger partial charge in [-0.3, -0.25) is 9.59 Å². The van der Waals surface area contributed by atoms with Crippen LogP contribution in [0.15, 0.2) is 23.3 Å². The van der Waals surface area contributed by atoms with Crippen LogP contribution < -0.4 is 0 Å². The number of rotatable bonds is 14. The maximum atomic E-state index is 12.5. The van der Waals surface area contributed by atoms with Crippen LogP contribution in [0.2, 0.25) is 0 Å². The molecule has 0 aromatic heterocycles. The first-order chi connectivity index (χ1) is 11.7. The zero-order chi connectivity index (χ0) is 17.6. The monoisotopic (exact) mass is 332 g/mol. The SMILES string of the molecule is CCCCCCCCC1=CC(=O)C=C(CCCCCCCC)C1=O. The van der Waals surface area contributed by atoms with Gasteiger partial charge in [-0.25, -0.2) is 0 Å². The zero-order valence-electron chi connectivity index (χ0n) is 15.9. The van der Waals surface area contributed by atoms with E-state index in [2.05, 4.69) is 13.8 Å². The lowest BCUT2D eigenvalue weighted by molar-refractivity contribution is -0.115. The van der Waals surface area contributed by atoms with E-state index in [1.807, 2.05) is 0 Å². The van der Waals surface area contributed by atoms with Crippen molar-refractivity contribution in [2.24, 2.45) is 0 Å². The van der Waals surface area contributed by atoms with Crippen LogP contribution in [0, 0.1) is 0 Å². The van der Waals surface area contributed by atoms with Gasteiger partial charge in [-0.2, -0.15) is 0 Å². The molecular weight excluding hydrogens is 296 g/mol. The van der Waals surface area contributed by atoms with Gasteiger partial charge in [0.2, 0.25) is 0 Å². The van der Waals surface area contributed by atoms with E-state index in [1.54, 1.807) is 12.2 Å². The molecule has 0 atom stereocenters. The third-order valence-corrected chi connectivity index (χ3v) is 4.82. The van der Waals surface area contributed by atoms with E-state index in [0.717, 1.165) is 49.7 Å². The van der Waals surface area contributed by atoms with E-state index in [9.17, 15) is 9.59 Å². The summed E-state index contributed by atoms with van der Waals surface area (Å²) in [7, 11) is 0. The first-order valence-corrected chi connectivity index (χ1v) is 10.2. The quantitative estimate of drug-likeness (QED) is 0.269. The molecule has 0 saturated carbocycles. The molecule has 0 aromatic carbocycles. The Balaban J connectivity index is 2.29. The summed E-state index contributed by atoms with van der Waals surface area (Å²) in [4.78, 5) is 24.4. The second kappa shape index (κ2) is 13.1. The van der Waals surface area contributed by atoms with Crippen LogP contribution in [-0.4, -0.2) is 11.6 Å². The molecule has 0 spiro atoms. The number of hydrogen-bond acceptors (Lipinski definition) is 2. The summed E-state index contributed by atoms with van der Waals surface area (Å²) >= 11 is 0. The fraction of sp³-hybridized carbons (Fsp3) is 0.727. The molecule has 0 fully saturated rings. The molecule has 0 bridgehead atoms. The first kappa shape index (κ1) is 20.9. The Morgan fingerprint density at radius 1 is 0.583 bits per heavy atom. The smallest absolute Gasteiger partial charge is 0.185 e. The molecule has 0 heterocycles. The van der Waals surface area contributed by atoms with E-state index in [0.29, 0.717) is 0 Å². The fourth-order valence-electron chi connectivity index (χ4n) is 3.29. The van der Waals surface area contributed by atoms with Gasteiger partial charge in [0.15, 0.2) is 11.6 Å². The molecule has 0 saturated heterocycles. The molecule has 2 nitrogen and oxygen atoms in total. The standard InChI is InChI=1S/C22H36O2/c1-3-5-7-9-11-13-15-19-17-21(23)18-20(22(19)24)16-14-12-10-8-6-4-2/h17-18H,3-16H2,1-2H3. The number of allylic oxidation sites excluding steroid dienone is 4. The lowest BCUT2D eigenvalue weighted by atomic mass is 9.89. The molecule has 0 unspecified atom stereocenters. The van der Waals surface area contributed by atoms with Crippen molar-refractivity contribution in [3.05, 3.63) is 23.3 Å². The molecule has 1 aliphatic rings. The molecule has 0 N–H and O–H groups in total. The average Bonchev–Trinajstić information content (AvgIpc) is 2.57. The van der Waals surface area contributed by atoms with Gasteiger partial charge in [0, 0.05) is 11.1 Å². The van der Waals surface area contributed by atoms with Crippen LogP contribution in [-0.2, 0) is 9.59 Å². The minimum Gasteiger partial charge on any atom is -0.290 e. The van der Waals surface area contributed by atoms with Gasteiger partial charge >= 0.3 is 0 Å². The molecular formula is C22H36O2. The average molecular weight is 333 g/mol. The Hall–Kier alpha value is -1.18. The number of hydrogen-bond donors (Lipinski definition) is 0. The Labute approximate surface area is 148 Å². The maximum Gasteiger partial charge on any atom is 0.185 e. The number of carbonyl (C=O) groups excluding carboxylic acids is 2. The van der Waals surface area contributed by atoms with E-state index in [1.165, 1.54) is 51.4 Å². The summed E-state index contributed by atoms with van der Waals surface area (Å²) in [5.74, 6) is 0.147. The highest BCUT2D eigenvalue weighted by Gasteiger charge is 2.20. The third kappa shape index (κ3) is 8.61. The van der Waals surface area contributed by atoms with Gasteiger partial charge in [-0.1, -0.05) is 78.1 Å². The van der Waals surface area contributed by atoms with Gasteiger partial charge in [-0.15, -0.1) is 0 Å². The Kier molecular flexibility index (Phi) is 11.4. The predicted octanol–water partition coefficient (Wildman–Crippen LogP) is 6.49. The predicted molar refractivity (Wildman–Crippen MR) is 102 cm³/mol. The fourth-order valence-corrected chi connectivity index (χ4v) is 3.29. The third-order valence-electron chi connectivity index (χ3n) is 4.82. The molecule has 0 aromatic rings. The normalized spacial score (nSPS) is 14.8. The molecule has 0 amide bonds. The topological polar surface area (TPSA) is 34.1 Å². The summed E-state index contributed by atoms with van der Waals surface area (Å²) in [5, 5.41) is 0. The number of unbranched alkanes of at least 4 members (excludes halogenated alkanes) is 10. The second-order valence-corrected chi connectivity index (χ2v) is 7.11. The zero-order valence-corrected chi connectivity index (χ0v) is 15.9. The lowest BCUT2D eigenvalue weighted by Crippen LogP contribution is -2.14.